The summed E-state index contributed by atoms with van der Waals surface area (Å²) in [6.45, 7) is 3.84. The quantitative estimate of drug-likeness (QED) is 0.601. The van der Waals surface area contributed by atoms with Crippen molar-refractivity contribution in [1.82, 2.24) is 20.5 Å². The summed E-state index contributed by atoms with van der Waals surface area (Å²) in [5, 5.41) is 19.8. The Bertz CT molecular complexity index is 898. The van der Waals surface area contributed by atoms with E-state index in [2.05, 4.69) is 20.5 Å². The monoisotopic (exact) mass is 364 g/mol. The maximum Gasteiger partial charge on any atom is 0.251 e. The Morgan fingerprint density at radius 2 is 1.93 bits per heavy atom. The second kappa shape index (κ2) is 8.14. The van der Waals surface area contributed by atoms with Crippen LogP contribution < -0.4 is 5.32 Å². The predicted molar refractivity (Wildman–Crippen MR) is 104 cm³/mol. The van der Waals surface area contributed by atoms with Gasteiger partial charge in [0, 0.05) is 11.1 Å². The number of aromatic nitrogens is 3. The molecule has 3 aromatic rings. The first-order valence-corrected chi connectivity index (χ1v) is 8.97. The highest BCUT2D eigenvalue weighted by molar-refractivity contribution is 5.94. The van der Waals surface area contributed by atoms with Crippen molar-refractivity contribution in [3.05, 3.63) is 71.5 Å². The van der Waals surface area contributed by atoms with Crippen LogP contribution in [-0.2, 0) is 13.0 Å². The molecule has 0 saturated heterocycles. The number of nitrogens with zero attached hydrogens (tertiary/aromatic N) is 2. The van der Waals surface area contributed by atoms with Crippen LogP contribution >= 0.6 is 0 Å². The summed E-state index contributed by atoms with van der Waals surface area (Å²) in [7, 11) is 0. The van der Waals surface area contributed by atoms with Gasteiger partial charge in [-0.1, -0.05) is 42.5 Å². The van der Waals surface area contributed by atoms with E-state index < -0.39 is 5.60 Å². The fraction of sp³-hybridized carbons (Fsp3) is 0.286. The van der Waals surface area contributed by atoms with E-state index >= 15 is 0 Å². The molecule has 1 amide bonds. The van der Waals surface area contributed by atoms with Crippen LogP contribution in [0.3, 0.4) is 0 Å². The lowest BCUT2D eigenvalue weighted by Gasteiger charge is -2.16. The molecule has 6 nitrogen and oxygen atoms in total. The van der Waals surface area contributed by atoms with Gasteiger partial charge in [-0.25, -0.2) is 4.98 Å². The third-order valence-electron chi connectivity index (χ3n) is 4.19. The van der Waals surface area contributed by atoms with Gasteiger partial charge in [0.05, 0.1) is 12.1 Å². The zero-order chi connectivity index (χ0) is 19.3. The Morgan fingerprint density at radius 1 is 1.15 bits per heavy atom. The van der Waals surface area contributed by atoms with Crippen LogP contribution in [0.5, 0.6) is 0 Å². The highest BCUT2D eigenvalue weighted by Crippen LogP contribution is 2.15. The van der Waals surface area contributed by atoms with Crippen LogP contribution in [0.2, 0.25) is 0 Å². The van der Waals surface area contributed by atoms with Crippen LogP contribution in [0.25, 0.3) is 11.4 Å². The molecule has 0 aliphatic carbocycles. The number of aromatic amines is 1. The largest absolute Gasteiger partial charge is 0.390 e. The average molecular weight is 364 g/mol. The van der Waals surface area contributed by atoms with Crippen LogP contribution in [-0.4, -0.2) is 31.8 Å². The molecule has 0 bridgehead atoms. The lowest BCUT2D eigenvalue weighted by Crippen LogP contribution is -2.23. The number of H-pyrrole nitrogens is 1. The summed E-state index contributed by atoms with van der Waals surface area (Å²) in [4.78, 5) is 16.8. The Kier molecular flexibility index (Phi) is 5.66. The SMILES string of the molecule is CC(C)(O)CCc1cccc(C(=O)NCc2nc(-c3ccccc3)n[nH]2)c1. The van der Waals surface area contributed by atoms with Gasteiger partial charge in [0.2, 0.25) is 0 Å². The van der Waals surface area contributed by atoms with Gasteiger partial charge in [-0.15, -0.1) is 0 Å². The Morgan fingerprint density at radius 3 is 2.67 bits per heavy atom. The van der Waals surface area contributed by atoms with Crippen molar-refractivity contribution in [2.45, 2.75) is 38.8 Å². The lowest BCUT2D eigenvalue weighted by atomic mass is 9.98. The van der Waals surface area contributed by atoms with Crippen molar-refractivity contribution in [2.24, 2.45) is 0 Å². The van der Waals surface area contributed by atoms with E-state index in [4.69, 9.17) is 0 Å². The van der Waals surface area contributed by atoms with E-state index in [0.717, 1.165) is 11.1 Å². The van der Waals surface area contributed by atoms with E-state index in [1.165, 1.54) is 0 Å². The average Bonchev–Trinajstić information content (AvgIpc) is 3.14. The fourth-order valence-corrected chi connectivity index (χ4v) is 2.68. The Balaban J connectivity index is 1.59. The number of carbonyl (C=O) groups excluding carboxylic acids is 1. The molecule has 0 atom stereocenters. The molecule has 0 fully saturated rings. The Labute approximate surface area is 158 Å². The van der Waals surface area contributed by atoms with E-state index in [9.17, 15) is 9.90 Å². The number of aryl methyl sites for hydroxylation is 1. The number of benzene rings is 2. The van der Waals surface area contributed by atoms with Gasteiger partial charge in [-0.05, 0) is 44.4 Å². The molecule has 0 radical (unpaired) electrons. The predicted octanol–water partition coefficient (Wildman–Crippen LogP) is 3.11. The molecule has 0 spiro atoms. The van der Waals surface area contributed by atoms with E-state index in [-0.39, 0.29) is 12.5 Å². The molecule has 1 aromatic heterocycles. The third kappa shape index (κ3) is 5.49. The molecule has 0 unspecified atom stereocenters. The molecule has 0 aliphatic rings. The van der Waals surface area contributed by atoms with Crippen molar-refractivity contribution in [3.8, 4) is 11.4 Å². The van der Waals surface area contributed by atoms with Gasteiger partial charge in [-0.3, -0.25) is 9.89 Å². The highest BCUT2D eigenvalue weighted by Gasteiger charge is 2.13. The van der Waals surface area contributed by atoms with E-state index in [1.807, 2.05) is 48.5 Å². The molecule has 0 aliphatic heterocycles. The molecule has 1 heterocycles. The standard InChI is InChI=1S/C21H24N4O2/c1-21(2,27)12-11-15-7-6-10-17(13-15)20(26)22-14-18-23-19(25-24-18)16-8-4-3-5-9-16/h3-10,13,27H,11-12,14H2,1-2H3,(H,22,26)(H,23,24,25). The molecular weight excluding hydrogens is 340 g/mol. The van der Waals surface area contributed by atoms with Crippen molar-refractivity contribution in [2.75, 3.05) is 0 Å². The number of aliphatic hydroxyl groups is 1. The maximum atomic E-state index is 12.4. The summed E-state index contributed by atoms with van der Waals surface area (Å²) in [6, 6.07) is 17.1. The molecule has 6 heteroatoms. The van der Waals surface area contributed by atoms with Gasteiger partial charge in [0.1, 0.15) is 5.82 Å². The zero-order valence-corrected chi connectivity index (χ0v) is 15.6. The van der Waals surface area contributed by atoms with Crippen LogP contribution in [0.15, 0.2) is 54.6 Å². The molecule has 2 aromatic carbocycles. The summed E-state index contributed by atoms with van der Waals surface area (Å²) in [6.07, 6.45) is 1.35. The minimum atomic E-state index is -0.721. The topological polar surface area (TPSA) is 90.9 Å². The summed E-state index contributed by atoms with van der Waals surface area (Å²) >= 11 is 0. The number of hydrogen-bond acceptors (Lipinski definition) is 4. The van der Waals surface area contributed by atoms with Crippen molar-refractivity contribution >= 4 is 5.91 Å². The number of nitrogens with one attached hydrogen (secondary N) is 2. The van der Waals surface area contributed by atoms with Crippen molar-refractivity contribution < 1.29 is 9.90 Å². The van der Waals surface area contributed by atoms with E-state index in [0.29, 0.717) is 30.1 Å². The molecule has 3 N–H and O–H groups in total. The van der Waals surface area contributed by atoms with Crippen LogP contribution in [0.4, 0.5) is 0 Å². The summed E-state index contributed by atoms with van der Waals surface area (Å²) in [5.74, 6) is 1.03. The Hall–Kier alpha value is -2.99. The first-order valence-electron chi connectivity index (χ1n) is 8.97. The number of hydrogen-bond donors (Lipinski definition) is 3. The fourth-order valence-electron chi connectivity index (χ4n) is 2.68. The van der Waals surface area contributed by atoms with Gasteiger partial charge in [0.25, 0.3) is 5.91 Å². The second-order valence-corrected chi connectivity index (χ2v) is 7.17. The van der Waals surface area contributed by atoms with Gasteiger partial charge >= 0.3 is 0 Å². The van der Waals surface area contributed by atoms with Gasteiger partial charge in [-0.2, -0.15) is 5.10 Å². The lowest BCUT2D eigenvalue weighted by molar-refractivity contribution is 0.0714. The van der Waals surface area contributed by atoms with Crippen molar-refractivity contribution in [1.29, 1.82) is 0 Å². The van der Waals surface area contributed by atoms with Crippen LogP contribution in [0.1, 0.15) is 42.0 Å². The molecule has 0 saturated carbocycles. The molecule has 140 valence electrons. The smallest absolute Gasteiger partial charge is 0.251 e. The van der Waals surface area contributed by atoms with Gasteiger partial charge < -0.3 is 10.4 Å². The normalized spacial score (nSPS) is 11.4. The number of carbonyl (C=O) groups is 1. The number of rotatable bonds is 7. The molecule has 3 rings (SSSR count). The van der Waals surface area contributed by atoms with Crippen LogP contribution in [0, 0.1) is 0 Å². The maximum absolute atomic E-state index is 12.4. The zero-order valence-electron chi connectivity index (χ0n) is 15.6. The summed E-state index contributed by atoms with van der Waals surface area (Å²) in [5.41, 5.74) is 1.81. The second-order valence-electron chi connectivity index (χ2n) is 7.17. The minimum absolute atomic E-state index is 0.169. The minimum Gasteiger partial charge on any atom is -0.390 e. The number of amides is 1. The first-order chi connectivity index (χ1) is 12.9. The molecule has 27 heavy (non-hydrogen) atoms. The van der Waals surface area contributed by atoms with Crippen molar-refractivity contribution in [3.63, 3.8) is 0 Å². The summed E-state index contributed by atoms with van der Waals surface area (Å²) < 4.78 is 0. The molecular formula is C21H24N4O2. The first kappa shape index (κ1) is 18.8. The highest BCUT2D eigenvalue weighted by atomic mass is 16.3. The van der Waals surface area contributed by atoms with E-state index in [1.54, 1.807) is 19.9 Å². The van der Waals surface area contributed by atoms with Gasteiger partial charge in [0.15, 0.2) is 5.82 Å². The third-order valence-corrected chi connectivity index (χ3v) is 4.19.